The van der Waals surface area contributed by atoms with E-state index in [1.165, 1.54) is 33.5 Å². The number of imidazole rings is 1. The first-order chi connectivity index (χ1) is 12.9. The van der Waals surface area contributed by atoms with Gasteiger partial charge in [0.05, 0.1) is 21.7 Å². The quantitative estimate of drug-likeness (QED) is 0.371. The van der Waals surface area contributed by atoms with Crippen molar-refractivity contribution >= 4 is 39.1 Å². The van der Waals surface area contributed by atoms with Gasteiger partial charge in [0.1, 0.15) is 6.54 Å². The molecular formula is C16H15N5O5S. The van der Waals surface area contributed by atoms with E-state index in [1.54, 1.807) is 20.2 Å². The second-order valence-electron chi connectivity index (χ2n) is 5.46. The Labute approximate surface area is 156 Å². The van der Waals surface area contributed by atoms with Gasteiger partial charge in [0, 0.05) is 31.6 Å². The molecule has 140 valence electrons. The van der Waals surface area contributed by atoms with E-state index in [4.69, 9.17) is 4.74 Å². The summed E-state index contributed by atoms with van der Waals surface area (Å²) >= 11 is 1.07. The number of amides is 1. The first kappa shape index (κ1) is 18.5. The number of nitro benzene ring substituents is 1. The van der Waals surface area contributed by atoms with Crippen LogP contribution in [0.3, 0.4) is 0 Å². The van der Waals surface area contributed by atoms with Gasteiger partial charge in [-0.15, -0.1) is 0 Å². The van der Waals surface area contributed by atoms with Crippen molar-refractivity contribution in [3.63, 3.8) is 0 Å². The molecule has 0 aliphatic heterocycles. The lowest BCUT2D eigenvalue weighted by Crippen LogP contribution is -2.23. The average molecular weight is 389 g/mol. The van der Waals surface area contributed by atoms with Gasteiger partial charge >= 0.3 is 11.9 Å². The summed E-state index contributed by atoms with van der Waals surface area (Å²) in [5.74, 6) is -0.941. The fourth-order valence-corrected chi connectivity index (χ4v) is 3.52. The standard InChI is InChI=1S/C16H15N5O5S/c1-3-26-13(22)9-20-11-5-4-10(21(24)25)8-12(11)27-16(20)18-15(23)14-17-6-7-19(14)2/h4-8H,3,9H2,1-2H3. The largest absolute Gasteiger partial charge is 0.465 e. The van der Waals surface area contributed by atoms with E-state index in [0.717, 1.165) is 11.3 Å². The SMILES string of the molecule is CCOC(=O)Cn1c(=NC(=O)c2nccn2C)sc2cc([N+](=O)[O-])ccc21. The zero-order valence-corrected chi connectivity index (χ0v) is 15.3. The molecule has 27 heavy (non-hydrogen) atoms. The number of esters is 1. The van der Waals surface area contributed by atoms with Crippen LogP contribution in [0.5, 0.6) is 0 Å². The number of hydrogen-bond acceptors (Lipinski definition) is 7. The number of nitrogens with zero attached hydrogens (tertiary/aromatic N) is 5. The number of thiazole rings is 1. The van der Waals surface area contributed by atoms with E-state index < -0.39 is 16.8 Å². The zero-order valence-electron chi connectivity index (χ0n) is 14.5. The highest BCUT2D eigenvalue weighted by Crippen LogP contribution is 2.23. The first-order valence-corrected chi connectivity index (χ1v) is 8.72. The van der Waals surface area contributed by atoms with Crippen molar-refractivity contribution in [3.8, 4) is 0 Å². The first-order valence-electron chi connectivity index (χ1n) is 7.90. The van der Waals surface area contributed by atoms with Crippen LogP contribution < -0.4 is 4.80 Å². The van der Waals surface area contributed by atoms with Crippen LogP contribution in [-0.2, 0) is 23.1 Å². The minimum Gasteiger partial charge on any atom is -0.465 e. The number of aryl methyl sites for hydroxylation is 1. The van der Waals surface area contributed by atoms with Crippen molar-refractivity contribution in [2.75, 3.05) is 6.61 Å². The summed E-state index contributed by atoms with van der Waals surface area (Å²) in [6.45, 7) is 1.73. The second kappa shape index (κ2) is 7.50. The Hall–Kier alpha value is -3.34. The Morgan fingerprint density at radius 3 is 2.81 bits per heavy atom. The van der Waals surface area contributed by atoms with E-state index in [-0.39, 0.29) is 29.5 Å². The molecule has 0 saturated carbocycles. The Bertz CT molecular complexity index is 1110. The molecule has 10 nitrogen and oxygen atoms in total. The van der Waals surface area contributed by atoms with Crippen LogP contribution in [0.2, 0.25) is 0 Å². The van der Waals surface area contributed by atoms with E-state index in [0.29, 0.717) is 10.2 Å². The fraction of sp³-hybridized carbons (Fsp3) is 0.250. The van der Waals surface area contributed by atoms with E-state index >= 15 is 0 Å². The van der Waals surface area contributed by atoms with Crippen LogP contribution in [0.15, 0.2) is 35.6 Å². The van der Waals surface area contributed by atoms with Crippen LogP contribution in [-0.4, -0.2) is 37.5 Å². The normalized spacial score (nSPS) is 11.7. The number of benzene rings is 1. The highest BCUT2D eigenvalue weighted by atomic mass is 32.1. The molecule has 2 aromatic heterocycles. The second-order valence-corrected chi connectivity index (χ2v) is 6.47. The topological polar surface area (TPSA) is 122 Å². The highest BCUT2D eigenvalue weighted by Gasteiger charge is 2.16. The Kier molecular flexibility index (Phi) is 5.12. The molecule has 0 aliphatic carbocycles. The maximum Gasteiger partial charge on any atom is 0.326 e. The summed E-state index contributed by atoms with van der Waals surface area (Å²) in [6.07, 6.45) is 3.09. The van der Waals surface area contributed by atoms with Crippen LogP contribution in [0.4, 0.5) is 5.69 Å². The summed E-state index contributed by atoms with van der Waals surface area (Å²) in [5, 5.41) is 11.0. The number of fused-ring (bicyclic) bond motifs is 1. The fourth-order valence-electron chi connectivity index (χ4n) is 2.46. The molecule has 0 saturated heterocycles. The number of carbonyl (C=O) groups excluding carboxylic acids is 2. The molecule has 11 heteroatoms. The molecule has 2 heterocycles. The summed E-state index contributed by atoms with van der Waals surface area (Å²) in [5.41, 5.74) is 0.457. The van der Waals surface area contributed by atoms with Crippen LogP contribution in [0.1, 0.15) is 17.5 Å². The van der Waals surface area contributed by atoms with E-state index in [1.807, 2.05) is 0 Å². The predicted octanol–water partition coefficient (Wildman–Crippen LogP) is 1.65. The Morgan fingerprint density at radius 1 is 1.41 bits per heavy atom. The summed E-state index contributed by atoms with van der Waals surface area (Å²) in [7, 11) is 1.66. The van der Waals surface area contributed by atoms with Crippen molar-refractivity contribution < 1.29 is 19.2 Å². The van der Waals surface area contributed by atoms with Crippen molar-refractivity contribution in [2.24, 2.45) is 12.0 Å². The van der Waals surface area contributed by atoms with Crippen LogP contribution in [0, 0.1) is 10.1 Å². The van der Waals surface area contributed by atoms with Gasteiger partial charge in [0.2, 0.25) is 5.82 Å². The van der Waals surface area contributed by atoms with Gasteiger partial charge < -0.3 is 13.9 Å². The minimum atomic E-state index is -0.582. The summed E-state index contributed by atoms with van der Waals surface area (Å²) in [6, 6.07) is 4.24. The van der Waals surface area contributed by atoms with Crippen molar-refractivity contribution in [1.82, 2.24) is 14.1 Å². The molecule has 0 atom stereocenters. The van der Waals surface area contributed by atoms with Gasteiger partial charge in [-0.25, -0.2) is 4.98 Å². The lowest BCUT2D eigenvalue weighted by atomic mass is 10.3. The number of aromatic nitrogens is 3. The van der Waals surface area contributed by atoms with Gasteiger partial charge in [-0.05, 0) is 13.0 Å². The lowest BCUT2D eigenvalue weighted by Gasteiger charge is -2.05. The van der Waals surface area contributed by atoms with Crippen molar-refractivity contribution in [3.05, 3.63) is 51.3 Å². The van der Waals surface area contributed by atoms with Gasteiger partial charge in [0.25, 0.3) is 5.69 Å². The zero-order chi connectivity index (χ0) is 19.6. The number of non-ortho nitro benzene ring substituents is 1. The molecule has 3 aromatic rings. The van der Waals surface area contributed by atoms with Crippen LogP contribution >= 0.6 is 11.3 Å². The van der Waals surface area contributed by atoms with Gasteiger partial charge in [-0.2, -0.15) is 4.99 Å². The third-order valence-corrected chi connectivity index (χ3v) is 4.72. The average Bonchev–Trinajstić information content (AvgIpc) is 3.18. The predicted molar refractivity (Wildman–Crippen MR) is 96.2 cm³/mol. The van der Waals surface area contributed by atoms with Gasteiger partial charge in [-0.1, -0.05) is 11.3 Å². The smallest absolute Gasteiger partial charge is 0.326 e. The maximum atomic E-state index is 12.4. The monoisotopic (exact) mass is 389 g/mol. The number of nitro groups is 1. The molecule has 0 unspecified atom stereocenters. The summed E-state index contributed by atoms with van der Waals surface area (Å²) in [4.78, 5) is 43.1. The molecule has 0 bridgehead atoms. The lowest BCUT2D eigenvalue weighted by molar-refractivity contribution is -0.384. The Balaban J connectivity index is 2.15. The number of ether oxygens (including phenoxy) is 1. The maximum absolute atomic E-state index is 12.4. The minimum absolute atomic E-state index is 0.0889. The number of carbonyl (C=O) groups is 2. The van der Waals surface area contributed by atoms with Crippen molar-refractivity contribution in [1.29, 1.82) is 0 Å². The van der Waals surface area contributed by atoms with E-state index in [9.17, 15) is 19.7 Å². The molecule has 0 spiro atoms. The molecule has 3 rings (SSSR count). The number of rotatable bonds is 5. The molecule has 0 radical (unpaired) electrons. The Morgan fingerprint density at radius 2 is 2.19 bits per heavy atom. The molecule has 0 aliphatic rings. The number of hydrogen-bond donors (Lipinski definition) is 0. The van der Waals surface area contributed by atoms with Crippen molar-refractivity contribution in [2.45, 2.75) is 13.5 Å². The molecule has 0 N–H and O–H groups in total. The third kappa shape index (κ3) is 3.77. The summed E-state index contributed by atoms with van der Waals surface area (Å²) < 4.78 is 8.53. The molecule has 0 fully saturated rings. The van der Waals surface area contributed by atoms with E-state index in [2.05, 4.69) is 9.98 Å². The van der Waals surface area contributed by atoms with Crippen LogP contribution in [0.25, 0.3) is 10.2 Å². The third-order valence-electron chi connectivity index (χ3n) is 3.68. The molecule has 1 aromatic carbocycles. The van der Waals surface area contributed by atoms with Gasteiger partial charge in [0.15, 0.2) is 4.80 Å². The molecular weight excluding hydrogens is 374 g/mol. The van der Waals surface area contributed by atoms with Gasteiger partial charge in [-0.3, -0.25) is 19.7 Å². The molecule has 1 amide bonds. The highest BCUT2D eigenvalue weighted by molar-refractivity contribution is 7.16.